The summed E-state index contributed by atoms with van der Waals surface area (Å²) in [4.78, 5) is 13.1. The van der Waals surface area contributed by atoms with E-state index in [-0.39, 0.29) is 11.0 Å². The fourth-order valence-corrected chi connectivity index (χ4v) is 3.39. The third-order valence-electron chi connectivity index (χ3n) is 3.06. The molecule has 0 aliphatic heterocycles. The Labute approximate surface area is 151 Å². The first-order chi connectivity index (χ1) is 10.4. The Kier molecular flexibility index (Phi) is 5.50. The van der Waals surface area contributed by atoms with Crippen molar-refractivity contribution in [2.24, 2.45) is 0 Å². The number of halogens is 1. The maximum Gasteiger partial charge on any atom is 0.257 e. The van der Waals surface area contributed by atoms with Gasteiger partial charge in [0.1, 0.15) is 11.1 Å². The molecule has 1 aromatic carbocycles. The van der Waals surface area contributed by atoms with Gasteiger partial charge in [-0.3, -0.25) is 10.1 Å². The largest absolute Gasteiger partial charge is 0.323 e. The molecule has 0 saturated carbocycles. The van der Waals surface area contributed by atoms with Crippen molar-refractivity contribution in [1.82, 2.24) is 5.32 Å². The number of carbonyl (C=O) groups is 1. The van der Waals surface area contributed by atoms with Gasteiger partial charge in [-0.15, -0.1) is 11.3 Å². The van der Waals surface area contributed by atoms with Crippen LogP contribution in [0.5, 0.6) is 0 Å². The Morgan fingerprint density at radius 3 is 2.55 bits per heavy atom. The third kappa shape index (κ3) is 3.82. The second-order valence-electron chi connectivity index (χ2n) is 4.51. The molecule has 1 amide bonds. The van der Waals surface area contributed by atoms with Crippen molar-refractivity contribution in [2.45, 2.75) is 13.8 Å². The van der Waals surface area contributed by atoms with E-state index in [1.54, 1.807) is 12.1 Å². The van der Waals surface area contributed by atoms with E-state index in [1.807, 2.05) is 26.0 Å². The molecule has 0 aliphatic carbocycles. The van der Waals surface area contributed by atoms with Crippen LogP contribution in [0.25, 0.3) is 0 Å². The third-order valence-corrected chi connectivity index (χ3v) is 5.10. The lowest BCUT2D eigenvalue weighted by atomic mass is 10.2. The summed E-state index contributed by atoms with van der Waals surface area (Å²) in [5, 5.41) is 15.6. The van der Waals surface area contributed by atoms with Crippen LogP contribution in [0.3, 0.4) is 0 Å². The number of nitriles is 1. The highest BCUT2D eigenvalue weighted by atomic mass is 127. The van der Waals surface area contributed by atoms with Crippen LogP contribution in [0.1, 0.15) is 26.4 Å². The van der Waals surface area contributed by atoms with Gasteiger partial charge in [-0.1, -0.05) is 0 Å². The molecular weight excluding hydrogens is 429 g/mol. The molecule has 22 heavy (non-hydrogen) atoms. The van der Waals surface area contributed by atoms with E-state index >= 15 is 0 Å². The molecule has 0 saturated heterocycles. The summed E-state index contributed by atoms with van der Waals surface area (Å²) >= 11 is 8.77. The predicted molar refractivity (Wildman–Crippen MR) is 101 cm³/mol. The minimum atomic E-state index is -0.280. The van der Waals surface area contributed by atoms with E-state index in [4.69, 9.17) is 12.2 Å². The van der Waals surface area contributed by atoms with Crippen molar-refractivity contribution < 1.29 is 4.79 Å². The van der Waals surface area contributed by atoms with Gasteiger partial charge in [0.2, 0.25) is 0 Å². The molecule has 0 spiro atoms. The highest BCUT2D eigenvalue weighted by Gasteiger charge is 2.14. The average molecular weight is 441 g/mol. The fourth-order valence-electron chi connectivity index (χ4n) is 1.76. The van der Waals surface area contributed by atoms with Gasteiger partial charge >= 0.3 is 0 Å². The quantitative estimate of drug-likeness (QED) is 0.547. The summed E-state index contributed by atoms with van der Waals surface area (Å²) in [7, 11) is 0. The molecule has 0 unspecified atom stereocenters. The van der Waals surface area contributed by atoms with Gasteiger partial charge in [-0.25, -0.2) is 0 Å². The monoisotopic (exact) mass is 441 g/mol. The number of anilines is 1. The minimum Gasteiger partial charge on any atom is -0.323 e. The van der Waals surface area contributed by atoms with E-state index in [9.17, 15) is 10.1 Å². The number of thiophene rings is 1. The van der Waals surface area contributed by atoms with Crippen molar-refractivity contribution >= 4 is 62.2 Å². The van der Waals surface area contributed by atoms with Gasteiger partial charge in [0.15, 0.2) is 5.11 Å². The summed E-state index contributed by atoms with van der Waals surface area (Å²) in [6.07, 6.45) is 0. The number of carbonyl (C=O) groups excluding carboxylic acids is 1. The Morgan fingerprint density at radius 1 is 1.32 bits per heavy atom. The number of rotatable bonds is 2. The zero-order valence-corrected chi connectivity index (χ0v) is 15.6. The maximum atomic E-state index is 12.1. The zero-order valence-electron chi connectivity index (χ0n) is 11.9. The average Bonchev–Trinajstić information content (AvgIpc) is 2.73. The minimum absolute atomic E-state index is 0.182. The van der Waals surface area contributed by atoms with Crippen LogP contribution in [0.15, 0.2) is 24.3 Å². The highest BCUT2D eigenvalue weighted by molar-refractivity contribution is 14.1. The summed E-state index contributed by atoms with van der Waals surface area (Å²) in [6, 6.07) is 9.33. The second-order valence-corrected chi connectivity index (χ2v) is 7.39. The van der Waals surface area contributed by atoms with E-state index < -0.39 is 0 Å². The molecule has 2 N–H and O–H groups in total. The fraction of sp³-hybridized carbons (Fsp3) is 0.133. The summed E-state index contributed by atoms with van der Waals surface area (Å²) in [5.41, 5.74) is 2.03. The lowest BCUT2D eigenvalue weighted by Crippen LogP contribution is -2.34. The van der Waals surface area contributed by atoms with Crippen molar-refractivity contribution in [3.63, 3.8) is 0 Å². The van der Waals surface area contributed by atoms with Crippen molar-refractivity contribution in [3.05, 3.63) is 49.4 Å². The van der Waals surface area contributed by atoms with Crippen molar-refractivity contribution in [1.29, 1.82) is 5.26 Å². The summed E-state index contributed by atoms with van der Waals surface area (Å²) in [5.74, 6) is -0.280. The number of amides is 1. The van der Waals surface area contributed by atoms with Gasteiger partial charge in [-0.05, 0) is 78.5 Å². The van der Waals surface area contributed by atoms with Crippen LogP contribution in [0.4, 0.5) is 5.00 Å². The van der Waals surface area contributed by atoms with Crippen LogP contribution in [0, 0.1) is 28.7 Å². The van der Waals surface area contributed by atoms with Crippen LogP contribution >= 0.6 is 46.1 Å². The first-order valence-electron chi connectivity index (χ1n) is 6.30. The molecule has 4 nitrogen and oxygen atoms in total. The van der Waals surface area contributed by atoms with E-state index in [1.165, 1.54) is 11.3 Å². The Balaban J connectivity index is 2.08. The van der Waals surface area contributed by atoms with E-state index in [0.717, 1.165) is 14.0 Å². The molecule has 0 radical (unpaired) electrons. The predicted octanol–water partition coefficient (Wildman–Crippen LogP) is 3.97. The topological polar surface area (TPSA) is 64.9 Å². The van der Waals surface area contributed by atoms with Crippen LogP contribution in [-0.4, -0.2) is 11.0 Å². The molecule has 0 fully saturated rings. The van der Waals surface area contributed by atoms with Gasteiger partial charge in [0.25, 0.3) is 5.91 Å². The molecule has 0 atom stereocenters. The van der Waals surface area contributed by atoms with Crippen molar-refractivity contribution in [3.8, 4) is 6.07 Å². The number of nitrogens with zero attached hydrogens (tertiary/aromatic N) is 1. The first kappa shape index (κ1) is 16.9. The van der Waals surface area contributed by atoms with Crippen LogP contribution in [0.2, 0.25) is 0 Å². The molecule has 2 rings (SSSR count). The SMILES string of the molecule is Cc1sc(NC(=S)NC(=O)c2ccc(I)cc2)c(C#N)c1C. The highest BCUT2D eigenvalue weighted by Crippen LogP contribution is 2.31. The number of hydrogen-bond donors (Lipinski definition) is 2. The number of aryl methyl sites for hydroxylation is 1. The molecule has 1 aromatic heterocycles. The molecule has 1 heterocycles. The molecule has 0 bridgehead atoms. The number of benzene rings is 1. The lowest BCUT2D eigenvalue weighted by molar-refractivity contribution is 0.0977. The Morgan fingerprint density at radius 2 is 1.95 bits per heavy atom. The Bertz CT molecular complexity index is 775. The number of thiocarbonyl (C=S) groups is 1. The normalized spacial score (nSPS) is 9.91. The van der Waals surface area contributed by atoms with Crippen LogP contribution < -0.4 is 10.6 Å². The van der Waals surface area contributed by atoms with E-state index in [0.29, 0.717) is 16.1 Å². The second kappa shape index (κ2) is 7.17. The lowest BCUT2D eigenvalue weighted by Gasteiger charge is -2.08. The standard InChI is InChI=1S/C15H12IN3OS2/c1-8-9(2)22-14(12(8)7-17)19-15(21)18-13(20)10-3-5-11(16)6-4-10/h3-6H,1-2H3,(H2,18,19,20,21). The molecule has 112 valence electrons. The smallest absolute Gasteiger partial charge is 0.257 e. The zero-order chi connectivity index (χ0) is 16.3. The summed E-state index contributed by atoms with van der Waals surface area (Å²) in [6.45, 7) is 3.84. The summed E-state index contributed by atoms with van der Waals surface area (Å²) < 4.78 is 1.05. The van der Waals surface area contributed by atoms with Crippen LogP contribution in [-0.2, 0) is 0 Å². The van der Waals surface area contributed by atoms with Gasteiger partial charge in [0, 0.05) is 14.0 Å². The van der Waals surface area contributed by atoms with E-state index in [2.05, 4.69) is 39.3 Å². The van der Waals surface area contributed by atoms with Crippen molar-refractivity contribution in [2.75, 3.05) is 5.32 Å². The molecule has 0 aliphatic rings. The number of nitrogens with one attached hydrogen (secondary N) is 2. The van der Waals surface area contributed by atoms with Gasteiger partial charge in [0.05, 0.1) is 5.56 Å². The first-order valence-corrected chi connectivity index (χ1v) is 8.60. The van der Waals surface area contributed by atoms with Gasteiger partial charge < -0.3 is 5.32 Å². The Hall–Kier alpha value is -1.50. The molecular formula is C15H12IN3OS2. The molecule has 2 aromatic rings. The number of hydrogen-bond acceptors (Lipinski definition) is 4. The molecule has 7 heteroatoms. The maximum absolute atomic E-state index is 12.1. The van der Waals surface area contributed by atoms with Gasteiger partial charge in [-0.2, -0.15) is 5.26 Å².